The van der Waals surface area contributed by atoms with E-state index in [0.29, 0.717) is 13.1 Å². The molecule has 1 aromatic heterocycles. The van der Waals surface area contributed by atoms with Gasteiger partial charge in [0, 0.05) is 44.5 Å². The fraction of sp³-hybridized carbons (Fsp3) is 0.300. The van der Waals surface area contributed by atoms with Crippen LogP contribution in [0.3, 0.4) is 0 Å². The number of benzene rings is 2. The Kier molecular flexibility index (Phi) is 4.34. The lowest BCUT2D eigenvalue weighted by Gasteiger charge is -2.36. The summed E-state index contributed by atoms with van der Waals surface area (Å²) >= 11 is 0. The molecule has 1 aliphatic heterocycles. The summed E-state index contributed by atoms with van der Waals surface area (Å²) in [6.45, 7) is 3.15. The zero-order chi connectivity index (χ0) is 18.1. The van der Waals surface area contributed by atoms with Gasteiger partial charge in [-0.05, 0) is 24.3 Å². The molecule has 0 aliphatic carbocycles. The molecule has 2 aromatic carbocycles. The number of rotatable bonds is 3. The van der Waals surface area contributed by atoms with E-state index in [4.69, 9.17) is 10.7 Å². The Balaban J connectivity index is 1.59. The van der Waals surface area contributed by atoms with Crippen LogP contribution in [0.4, 0.5) is 5.69 Å². The molecule has 1 aliphatic rings. The van der Waals surface area contributed by atoms with E-state index in [-0.39, 0.29) is 12.5 Å². The van der Waals surface area contributed by atoms with Crippen LogP contribution in [-0.4, -0.2) is 53.1 Å². The van der Waals surface area contributed by atoms with E-state index in [1.807, 2.05) is 23.1 Å². The predicted molar refractivity (Wildman–Crippen MR) is 104 cm³/mol. The first kappa shape index (κ1) is 16.6. The van der Waals surface area contributed by atoms with Crippen LogP contribution < -0.4 is 10.6 Å². The van der Waals surface area contributed by atoms with Crippen molar-refractivity contribution >= 4 is 22.6 Å². The second-order valence-electron chi connectivity index (χ2n) is 6.61. The molecule has 0 radical (unpaired) electrons. The summed E-state index contributed by atoms with van der Waals surface area (Å²) < 4.78 is 2.13. The normalized spacial score (nSPS) is 14.8. The van der Waals surface area contributed by atoms with Gasteiger partial charge < -0.3 is 20.1 Å². The SMILES string of the molecule is Cn1c(-c2cccc(N3CCN(C(=O)CN)CC3)c2)nc2ccccc21. The molecule has 0 unspecified atom stereocenters. The number of nitrogens with zero attached hydrogens (tertiary/aromatic N) is 4. The van der Waals surface area contributed by atoms with E-state index in [0.717, 1.165) is 41.2 Å². The van der Waals surface area contributed by atoms with Gasteiger partial charge in [-0.1, -0.05) is 24.3 Å². The van der Waals surface area contributed by atoms with Gasteiger partial charge in [-0.15, -0.1) is 0 Å². The van der Waals surface area contributed by atoms with Crippen LogP contribution in [0.25, 0.3) is 22.4 Å². The maximum Gasteiger partial charge on any atom is 0.236 e. The monoisotopic (exact) mass is 349 g/mol. The summed E-state index contributed by atoms with van der Waals surface area (Å²) in [5, 5.41) is 0. The molecule has 4 rings (SSSR count). The highest BCUT2D eigenvalue weighted by Crippen LogP contribution is 2.27. The number of hydrogen-bond acceptors (Lipinski definition) is 4. The minimum atomic E-state index is 0.0260. The first-order valence-electron chi connectivity index (χ1n) is 8.92. The smallest absolute Gasteiger partial charge is 0.236 e. The third kappa shape index (κ3) is 2.93. The number of amides is 1. The third-order valence-electron chi connectivity index (χ3n) is 5.06. The Morgan fingerprint density at radius 2 is 1.85 bits per heavy atom. The summed E-state index contributed by atoms with van der Waals surface area (Å²) in [5.74, 6) is 0.989. The molecule has 1 saturated heterocycles. The van der Waals surface area contributed by atoms with Crippen molar-refractivity contribution in [3.8, 4) is 11.4 Å². The highest BCUT2D eigenvalue weighted by molar-refractivity contribution is 5.81. The molecule has 26 heavy (non-hydrogen) atoms. The average Bonchev–Trinajstić information content (AvgIpc) is 3.04. The standard InChI is InChI=1S/C20H23N5O/c1-23-18-8-3-2-7-17(18)22-20(23)15-5-4-6-16(13-15)24-9-11-25(12-10-24)19(26)14-21/h2-8,13H,9-12,14,21H2,1H3. The van der Waals surface area contributed by atoms with Crippen molar-refractivity contribution in [1.82, 2.24) is 14.5 Å². The quantitative estimate of drug-likeness (QED) is 0.784. The minimum absolute atomic E-state index is 0.0260. The number of aryl methyl sites for hydroxylation is 1. The first-order chi connectivity index (χ1) is 12.7. The molecule has 0 atom stereocenters. The fourth-order valence-electron chi connectivity index (χ4n) is 3.59. The van der Waals surface area contributed by atoms with Crippen LogP contribution in [0.5, 0.6) is 0 Å². The maximum atomic E-state index is 11.7. The molecule has 0 bridgehead atoms. The predicted octanol–water partition coefficient (Wildman–Crippen LogP) is 1.85. The van der Waals surface area contributed by atoms with E-state index in [9.17, 15) is 4.79 Å². The average molecular weight is 349 g/mol. The lowest BCUT2D eigenvalue weighted by molar-refractivity contribution is -0.129. The number of fused-ring (bicyclic) bond motifs is 1. The summed E-state index contributed by atoms with van der Waals surface area (Å²) in [4.78, 5) is 20.7. The Labute approximate surface area is 152 Å². The van der Waals surface area contributed by atoms with Crippen molar-refractivity contribution in [2.75, 3.05) is 37.6 Å². The van der Waals surface area contributed by atoms with Crippen LogP contribution in [-0.2, 0) is 11.8 Å². The van der Waals surface area contributed by atoms with Crippen LogP contribution in [0.2, 0.25) is 0 Å². The second kappa shape index (κ2) is 6.80. The topological polar surface area (TPSA) is 67.4 Å². The zero-order valence-corrected chi connectivity index (χ0v) is 14.9. The number of aromatic nitrogens is 2. The number of anilines is 1. The van der Waals surface area contributed by atoms with Crippen molar-refractivity contribution in [3.63, 3.8) is 0 Å². The van der Waals surface area contributed by atoms with Gasteiger partial charge in [0.2, 0.25) is 5.91 Å². The fourth-order valence-corrected chi connectivity index (χ4v) is 3.59. The third-order valence-corrected chi connectivity index (χ3v) is 5.06. The molecular formula is C20H23N5O. The molecule has 6 nitrogen and oxygen atoms in total. The van der Waals surface area contributed by atoms with Gasteiger partial charge in [-0.25, -0.2) is 4.98 Å². The number of para-hydroxylation sites is 2. The van der Waals surface area contributed by atoms with Crippen molar-refractivity contribution in [2.45, 2.75) is 0 Å². The Morgan fingerprint density at radius 1 is 1.08 bits per heavy atom. The summed E-state index contributed by atoms with van der Waals surface area (Å²) in [5.41, 5.74) is 9.86. The van der Waals surface area contributed by atoms with E-state index in [1.165, 1.54) is 0 Å². The Hall–Kier alpha value is -2.86. The summed E-state index contributed by atoms with van der Waals surface area (Å²) in [6, 6.07) is 16.6. The zero-order valence-electron chi connectivity index (χ0n) is 14.9. The van der Waals surface area contributed by atoms with Gasteiger partial charge in [0.25, 0.3) is 0 Å². The molecule has 0 spiro atoms. The molecule has 134 valence electrons. The van der Waals surface area contributed by atoms with Gasteiger partial charge in [-0.2, -0.15) is 0 Å². The molecule has 2 N–H and O–H groups in total. The van der Waals surface area contributed by atoms with E-state index >= 15 is 0 Å². The van der Waals surface area contributed by atoms with Crippen LogP contribution in [0.1, 0.15) is 0 Å². The van der Waals surface area contributed by atoms with Gasteiger partial charge in [0.1, 0.15) is 5.82 Å². The van der Waals surface area contributed by atoms with Crippen molar-refractivity contribution in [2.24, 2.45) is 12.8 Å². The van der Waals surface area contributed by atoms with Crippen LogP contribution in [0, 0.1) is 0 Å². The van der Waals surface area contributed by atoms with E-state index in [1.54, 1.807) is 0 Å². The number of piperazine rings is 1. The minimum Gasteiger partial charge on any atom is -0.368 e. The highest BCUT2D eigenvalue weighted by atomic mass is 16.2. The van der Waals surface area contributed by atoms with Gasteiger partial charge in [0.05, 0.1) is 17.6 Å². The second-order valence-corrected chi connectivity index (χ2v) is 6.61. The van der Waals surface area contributed by atoms with Crippen molar-refractivity contribution in [1.29, 1.82) is 0 Å². The first-order valence-corrected chi connectivity index (χ1v) is 8.92. The van der Waals surface area contributed by atoms with Gasteiger partial charge in [0.15, 0.2) is 0 Å². The molecule has 1 amide bonds. The maximum absolute atomic E-state index is 11.7. The molecule has 3 aromatic rings. The van der Waals surface area contributed by atoms with Gasteiger partial charge >= 0.3 is 0 Å². The van der Waals surface area contributed by atoms with Crippen molar-refractivity contribution < 1.29 is 4.79 Å². The number of nitrogens with two attached hydrogens (primary N) is 1. The van der Waals surface area contributed by atoms with E-state index < -0.39 is 0 Å². The number of hydrogen-bond donors (Lipinski definition) is 1. The number of carbonyl (C=O) groups excluding carboxylic acids is 1. The largest absolute Gasteiger partial charge is 0.368 e. The van der Waals surface area contributed by atoms with E-state index in [2.05, 4.69) is 46.8 Å². The molecule has 6 heteroatoms. The lowest BCUT2D eigenvalue weighted by atomic mass is 10.1. The Morgan fingerprint density at radius 3 is 2.58 bits per heavy atom. The molecule has 2 heterocycles. The number of imidazole rings is 1. The molecule has 1 fully saturated rings. The molecular weight excluding hydrogens is 326 g/mol. The van der Waals surface area contributed by atoms with Crippen molar-refractivity contribution in [3.05, 3.63) is 48.5 Å². The van der Waals surface area contributed by atoms with Crippen LogP contribution in [0.15, 0.2) is 48.5 Å². The molecule has 0 saturated carbocycles. The van der Waals surface area contributed by atoms with Gasteiger partial charge in [-0.3, -0.25) is 4.79 Å². The number of carbonyl (C=O) groups is 1. The highest BCUT2D eigenvalue weighted by Gasteiger charge is 2.20. The van der Waals surface area contributed by atoms with Crippen LogP contribution >= 0.6 is 0 Å². The Bertz CT molecular complexity index is 940. The lowest BCUT2D eigenvalue weighted by Crippen LogP contribution is -2.50. The summed E-state index contributed by atoms with van der Waals surface area (Å²) in [6.07, 6.45) is 0. The summed E-state index contributed by atoms with van der Waals surface area (Å²) in [7, 11) is 2.05.